The number of aromatic nitrogens is 1. The molecule has 20 heavy (non-hydrogen) atoms. The summed E-state index contributed by atoms with van der Waals surface area (Å²) in [5.74, 6) is -1.17. The Labute approximate surface area is 126 Å². The molecular formula is C13H18BrN3O3. The number of hydrogen-bond acceptors (Lipinski definition) is 4. The van der Waals surface area contributed by atoms with Crippen LogP contribution in [0.1, 0.15) is 38.1 Å². The van der Waals surface area contributed by atoms with E-state index in [1.165, 1.54) is 12.3 Å². The first kappa shape index (κ1) is 16.4. The highest BCUT2D eigenvalue weighted by Gasteiger charge is 2.21. The van der Waals surface area contributed by atoms with Crippen molar-refractivity contribution in [3.63, 3.8) is 0 Å². The maximum atomic E-state index is 12.0. The van der Waals surface area contributed by atoms with Crippen LogP contribution in [0.2, 0.25) is 0 Å². The molecule has 6 nitrogen and oxygen atoms in total. The number of carbonyl (C=O) groups excluding carboxylic acids is 1. The zero-order chi connectivity index (χ0) is 15.5. The van der Waals surface area contributed by atoms with Crippen molar-refractivity contribution >= 4 is 33.6 Å². The van der Waals surface area contributed by atoms with Gasteiger partial charge >= 0.3 is 5.97 Å². The van der Waals surface area contributed by atoms with E-state index in [4.69, 9.17) is 5.11 Å². The highest BCUT2D eigenvalue weighted by atomic mass is 79.9. The summed E-state index contributed by atoms with van der Waals surface area (Å²) >= 11 is 3.17. The molecule has 1 aromatic heterocycles. The lowest BCUT2D eigenvalue weighted by Gasteiger charge is -2.24. The molecule has 0 saturated carbocycles. The van der Waals surface area contributed by atoms with Gasteiger partial charge in [0.05, 0.1) is 0 Å². The fraction of sp³-hybridized carbons (Fsp3) is 0.462. The molecule has 1 amide bonds. The molecule has 1 atom stereocenters. The van der Waals surface area contributed by atoms with Gasteiger partial charge in [-0.25, -0.2) is 9.78 Å². The van der Waals surface area contributed by atoms with Crippen LogP contribution in [0.5, 0.6) is 0 Å². The van der Waals surface area contributed by atoms with E-state index in [0.717, 1.165) is 0 Å². The minimum absolute atomic E-state index is 0.00906. The Hall–Kier alpha value is -1.63. The largest absolute Gasteiger partial charge is 0.478 e. The van der Waals surface area contributed by atoms with Crippen LogP contribution in [0, 0.1) is 0 Å². The van der Waals surface area contributed by atoms with Crippen LogP contribution in [0.3, 0.4) is 0 Å². The number of aromatic carboxylic acids is 1. The molecule has 7 heteroatoms. The fourth-order valence-corrected chi connectivity index (χ4v) is 1.80. The molecule has 1 unspecified atom stereocenters. The number of rotatable bonds is 4. The third kappa shape index (κ3) is 4.80. The van der Waals surface area contributed by atoms with E-state index in [2.05, 4.69) is 31.5 Å². The molecule has 0 bridgehead atoms. The Balaban J connectivity index is 2.88. The zero-order valence-corrected chi connectivity index (χ0v) is 13.4. The van der Waals surface area contributed by atoms with E-state index in [9.17, 15) is 9.59 Å². The summed E-state index contributed by atoms with van der Waals surface area (Å²) in [7, 11) is 0. The Morgan fingerprint density at radius 1 is 1.40 bits per heavy atom. The number of anilines is 1. The fourth-order valence-electron chi connectivity index (χ4n) is 1.47. The lowest BCUT2D eigenvalue weighted by Crippen LogP contribution is -2.47. The molecule has 1 aromatic rings. The number of carboxylic acid groups (broad SMARTS) is 1. The van der Waals surface area contributed by atoms with Crippen molar-refractivity contribution < 1.29 is 14.7 Å². The highest BCUT2D eigenvalue weighted by Crippen LogP contribution is 2.18. The number of halogens is 1. The standard InChI is InChI=1S/C13H18BrN3O3/c1-7(11(18)17-13(2,3)4)16-10-9(12(19)20)5-8(14)6-15-10/h5-7H,1-4H3,(H,15,16)(H,17,18)(H,19,20). The van der Waals surface area contributed by atoms with E-state index in [1.807, 2.05) is 20.8 Å². The molecule has 0 aliphatic rings. The summed E-state index contributed by atoms with van der Waals surface area (Å²) in [6, 6.07) is 0.840. The van der Waals surface area contributed by atoms with Crippen LogP contribution in [-0.2, 0) is 4.79 Å². The summed E-state index contributed by atoms with van der Waals surface area (Å²) in [6.45, 7) is 7.27. The quantitative estimate of drug-likeness (QED) is 0.779. The van der Waals surface area contributed by atoms with E-state index in [0.29, 0.717) is 4.47 Å². The van der Waals surface area contributed by atoms with Crippen LogP contribution in [-0.4, -0.2) is 33.5 Å². The van der Waals surface area contributed by atoms with Gasteiger partial charge < -0.3 is 15.7 Å². The minimum atomic E-state index is -1.11. The molecule has 0 aromatic carbocycles. The smallest absolute Gasteiger partial charge is 0.339 e. The van der Waals surface area contributed by atoms with Crippen molar-refractivity contribution in [2.45, 2.75) is 39.3 Å². The van der Waals surface area contributed by atoms with Crippen LogP contribution in [0.4, 0.5) is 5.82 Å². The Morgan fingerprint density at radius 3 is 2.50 bits per heavy atom. The van der Waals surface area contributed by atoms with Crippen molar-refractivity contribution in [2.24, 2.45) is 0 Å². The van der Waals surface area contributed by atoms with Gasteiger partial charge in [-0.1, -0.05) is 0 Å². The summed E-state index contributed by atoms with van der Waals surface area (Å²) in [4.78, 5) is 27.1. The first-order valence-electron chi connectivity index (χ1n) is 6.07. The number of hydrogen-bond donors (Lipinski definition) is 3. The number of nitrogens with zero attached hydrogens (tertiary/aromatic N) is 1. The maximum Gasteiger partial charge on any atom is 0.339 e. The van der Waals surface area contributed by atoms with E-state index >= 15 is 0 Å². The van der Waals surface area contributed by atoms with Crippen molar-refractivity contribution in [3.8, 4) is 0 Å². The average molecular weight is 344 g/mol. The van der Waals surface area contributed by atoms with Gasteiger partial charge in [0, 0.05) is 16.2 Å². The predicted molar refractivity (Wildman–Crippen MR) is 79.9 cm³/mol. The average Bonchev–Trinajstić information content (AvgIpc) is 2.28. The van der Waals surface area contributed by atoms with Gasteiger partial charge in [-0.15, -0.1) is 0 Å². The van der Waals surface area contributed by atoms with Crippen LogP contribution in [0.25, 0.3) is 0 Å². The van der Waals surface area contributed by atoms with E-state index < -0.39 is 12.0 Å². The van der Waals surface area contributed by atoms with Crippen molar-refractivity contribution in [2.75, 3.05) is 5.32 Å². The molecule has 0 aliphatic carbocycles. The lowest BCUT2D eigenvalue weighted by atomic mass is 10.1. The summed E-state index contributed by atoms with van der Waals surface area (Å²) in [6.07, 6.45) is 1.48. The number of nitrogens with one attached hydrogen (secondary N) is 2. The van der Waals surface area contributed by atoms with Crippen molar-refractivity contribution in [3.05, 3.63) is 22.3 Å². The second-order valence-electron chi connectivity index (χ2n) is 5.46. The van der Waals surface area contributed by atoms with Crippen LogP contribution < -0.4 is 10.6 Å². The Morgan fingerprint density at radius 2 is 2.00 bits per heavy atom. The minimum Gasteiger partial charge on any atom is -0.478 e. The molecule has 0 radical (unpaired) electrons. The van der Waals surface area contributed by atoms with Crippen molar-refractivity contribution in [1.29, 1.82) is 0 Å². The second kappa shape index (κ2) is 6.21. The second-order valence-corrected chi connectivity index (χ2v) is 6.38. The lowest BCUT2D eigenvalue weighted by molar-refractivity contribution is -0.122. The molecule has 1 heterocycles. The molecule has 0 fully saturated rings. The normalized spacial score (nSPS) is 12.7. The number of amides is 1. The zero-order valence-electron chi connectivity index (χ0n) is 11.8. The third-order valence-electron chi connectivity index (χ3n) is 2.33. The van der Waals surface area contributed by atoms with E-state index in [1.54, 1.807) is 6.92 Å². The Kier molecular flexibility index (Phi) is 5.10. The maximum absolute atomic E-state index is 12.0. The van der Waals surface area contributed by atoms with Gasteiger partial charge in [0.15, 0.2) is 0 Å². The SMILES string of the molecule is CC(Nc1ncc(Br)cc1C(=O)O)C(=O)NC(C)(C)C. The van der Waals surface area contributed by atoms with Gasteiger partial charge in [0.1, 0.15) is 17.4 Å². The van der Waals surface area contributed by atoms with Crippen LogP contribution in [0.15, 0.2) is 16.7 Å². The van der Waals surface area contributed by atoms with E-state index in [-0.39, 0.29) is 22.8 Å². The third-order valence-corrected chi connectivity index (χ3v) is 2.76. The molecule has 3 N–H and O–H groups in total. The molecule has 0 saturated heterocycles. The number of carboxylic acids is 1. The Bertz CT molecular complexity index is 526. The first-order valence-corrected chi connectivity index (χ1v) is 6.87. The topological polar surface area (TPSA) is 91.3 Å². The molecular weight excluding hydrogens is 326 g/mol. The molecule has 110 valence electrons. The van der Waals surface area contributed by atoms with Gasteiger partial charge in [0.2, 0.25) is 5.91 Å². The van der Waals surface area contributed by atoms with Crippen LogP contribution >= 0.6 is 15.9 Å². The summed E-state index contributed by atoms with van der Waals surface area (Å²) < 4.78 is 0.562. The van der Waals surface area contributed by atoms with Gasteiger partial charge in [-0.2, -0.15) is 0 Å². The molecule has 0 aliphatic heterocycles. The van der Waals surface area contributed by atoms with Gasteiger partial charge in [0.25, 0.3) is 0 Å². The number of carbonyl (C=O) groups is 2. The molecule has 0 spiro atoms. The first-order chi connectivity index (χ1) is 9.10. The number of pyridine rings is 1. The highest BCUT2D eigenvalue weighted by molar-refractivity contribution is 9.10. The predicted octanol–water partition coefficient (Wildman–Crippen LogP) is 2.26. The monoisotopic (exact) mass is 343 g/mol. The summed E-state index contributed by atoms with van der Waals surface area (Å²) in [5, 5.41) is 14.8. The summed E-state index contributed by atoms with van der Waals surface area (Å²) in [5.41, 5.74) is -0.342. The molecule has 1 rings (SSSR count). The van der Waals surface area contributed by atoms with Gasteiger partial charge in [-0.05, 0) is 49.7 Å². The van der Waals surface area contributed by atoms with Gasteiger partial charge in [-0.3, -0.25) is 4.79 Å². The van der Waals surface area contributed by atoms with Crippen molar-refractivity contribution in [1.82, 2.24) is 10.3 Å².